The molecule has 3 aromatic rings. The van der Waals surface area contributed by atoms with Crippen LogP contribution in [0.4, 0.5) is 0 Å². The van der Waals surface area contributed by atoms with Gasteiger partial charge in [0.1, 0.15) is 0 Å². The molecule has 1 aliphatic rings. The van der Waals surface area contributed by atoms with Crippen LogP contribution in [0.5, 0.6) is 0 Å². The summed E-state index contributed by atoms with van der Waals surface area (Å²) in [5.74, 6) is 0.688. The van der Waals surface area contributed by atoms with E-state index >= 15 is 0 Å². The zero-order valence-electron chi connectivity index (χ0n) is 14.7. The summed E-state index contributed by atoms with van der Waals surface area (Å²) in [4.78, 5) is 17.3. The third kappa shape index (κ3) is 3.52. The maximum absolute atomic E-state index is 11.8. The molecule has 1 aliphatic heterocycles. The lowest BCUT2D eigenvalue weighted by atomic mass is 9.89. The highest BCUT2D eigenvalue weighted by Crippen LogP contribution is 2.28. The number of aromatic amines is 1. The Kier molecular flexibility index (Phi) is 4.41. The molecule has 0 saturated carbocycles. The number of piperidine rings is 1. The molecule has 2 heterocycles. The van der Waals surface area contributed by atoms with E-state index in [1.807, 2.05) is 13.0 Å². The predicted molar refractivity (Wildman–Crippen MR) is 103 cm³/mol. The highest BCUT2D eigenvalue weighted by Gasteiger charge is 2.20. The van der Waals surface area contributed by atoms with Gasteiger partial charge < -0.3 is 4.98 Å². The Labute approximate surface area is 148 Å². The second-order valence-corrected chi connectivity index (χ2v) is 7.16. The van der Waals surface area contributed by atoms with Gasteiger partial charge >= 0.3 is 0 Å². The Bertz CT molecular complexity index is 922. The smallest absolute Gasteiger partial charge is 0.251 e. The maximum atomic E-state index is 11.8. The molecule has 0 radical (unpaired) electrons. The number of aromatic nitrogens is 1. The number of rotatable bonds is 3. The van der Waals surface area contributed by atoms with E-state index in [0.29, 0.717) is 5.92 Å². The Morgan fingerprint density at radius 1 is 1.04 bits per heavy atom. The first-order valence-corrected chi connectivity index (χ1v) is 9.09. The second kappa shape index (κ2) is 6.85. The minimum Gasteiger partial charge on any atom is -0.322 e. The summed E-state index contributed by atoms with van der Waals surface area (Å²) in [6, 6.07) is 19.3. The highest BCUT2D eigenvalue weighted by molar-refractivity contribution is 5.79. The molecule has 1 saturated heterocycles. The van der Waals surface area contributed by atoms with Gasteiger partial charge in [-0.15, -0.1) is 0 Å². The first kappa shape index (κ1) is 16.1. The zero-order chi connectivity index (χ0) is 17.2. The van der Waals surface area contributed by atoms with Gasteiger partial charge in [0.15, 0.2) is 0 Å². The van der Waals surface area contributed by atoms with Gasteiger partial charge in [-0.05, 0) is 67.4 Å². The van der Waals surface area contributed by atoms with E-state index < -0.39 is 0 Å². The van der Waals surface area contributed by atoms with Crippen LogP contribution in [0.25, 0.3) is 10.9 Å². The Balaban J connectivity index is 1.44. The summed E-state index contributed by atoms with van der Waals surface area (Å²) >= 11 is 0. The number of likely N-dealkylation sites (tertiary alicyclic amines) is 1. The van der Waals surface area contributed by atoms with Crippen LogP contribution in [0.15, 0.2) is 59.4 Å². The molecule has 0 bridgehead atoms. The van der Waals surface area contributed by atoms with Crippen molar-refractivity contribution in [1.29, 1.82) is 0 Å². The largest absolute Gasteiger partial charge is 0.322 e. The molecule has 128 valence electrons. The number of benzene rings is 2. The van der Waals surface area contributed by atoms with Gasteiger partial charge in [0, 0.05) is 17.6 Å². The molecule has 0 aliphatic carbocycles. The van der Waals surface area contributed by atoms with Crippen LogP contribution in [-0.4, -0.2) is 23.0 Å². The lowest BCUT2D eigenvalue weighted by molar-refractivity contribution is 0.204. The average molecular weight is 332 g/mol. The van der Waals surface area contributed by atoms with Crippen LogP contribution in [0.3, 0.4) is 0 Å². The van der Waals surface area contributed by atoms with Crippen molar-refractivity contribution in [2.24, 2.45) is 0 Å². The number of nitrogens with one attached hydrogen (secondary N) is 1. The number of hydrogen-bond acceptors (Lipinski definition) is 2. The fourth-order valence-electron chi connectivity index (χ4n) is 3.86. The van der Waals surface area contributed by atoms with Crippen molar-refractivity contribution in [3.63, 3.8) is 0 Å². The van der Waals surface area contributed by atoms with Crippen LogP contribution < -0.4 is 5.56 Å². The minimum absolute atomic E-state index is 0.00771. The molecule has 4 rings (SSSR count). The monoisotopic (exact) mass is 332 g/mol. The number of H-pyrrole nitrogens is 1. The predicted octanol–water partition coefficient (Wildman–Crippen LogP) is 4.22. The number of aryl methyl sites for hydroxylation is 1. The fourth-order valence-corrected chi connectivity index (χ4v) is 3.86. The first-order chi connectivity index (χ1) is 12.2. The van der Waals surface area contributed by atoms with E-state index in [0.717, 1.165) is 36.1 Å². The van der Waals surface area contributed by atoms with Gasteiger partial charge in [0.2, 0.25) is 0 Å². The van der Waals surface area contributed by atoms with E-state index in [4.69, 9.17) is 0 Å². The van der Waals surface area contributed by atoms with Crippen LogP contribution >= 0.6 is 0 Å². The van der Waals surface area contributed by atoms with Crippen molar-refractivity contribution in [3.8, 4) is 0 Å². The highest BCUT2D eigenvalue weighted by atomic mass is 16.1. The number of hydrogen-bond donors (Lipinski definition) is 1. The lowest BCUT2D eigenvalue weighted by Crippen LogP contribution is -2.32. The van der Waals surface area contributed by atoms with Crippen molar-refractivity contribution in [2.75, 3.05) is 13.1 Å². The molecule has 2 aromatic carbocycles. The van der Waals surface area contributed by atoms with Gasteiger partial charge in [-0.3, -0.25) is 9.69 Å². The van der Waals surface area contributed by atoms with Crippen LogP contribution in [0, 0.1) is 6.92 Å². The molecular weight excluding hydrogens is 308 g/mol. The standard InChI is InChI=1S/C22H24N2O/c1-16-13-20-8-7-17(14-21(20)23-22(16)25)15-24-11-9-19(10-12-24)18-5-3-2-4-6-18/h2-8,13-14,19H,9-12,15H2,1H3,(H,23,25). The van der Waals surface area contributed by atoms with Gasteiger partial charge in [0.25, 0.3) is 5.56 Å². The van der Waals surface area contributed by atoms with Gasteiger partial charge in [0.05, 0.1) is 0 Å². The molecule has 25 heavy (non-hydrogen) atoms. The number of fused-ring (bicyclic) bond motifs is 1. The Morgan fingerprint density at radius 3 is 2.56 bits per heavy atom. The minimum atomic E-state index is 0.00771. The molecule has 1 aromatic heterocycles. The van der Waals surface area contributed by atoms with E-state index in [1.54, 1.807) is 0 Å². The summed E-state index contributed by atoms with van der Waals surface area (Å²) in [6.45, 7) is 5.06. The van der Waals surface area contributed by atoms with Crippen molar-refractivity contribution in [2.45, 2.75) is 32.2 Å². The number of nitrogens with zero attached hydrogens (tertiary/aromatic N) is 1. The van der Waals surface area contributed by atoms with E-state index in [1.165, 1.54) is 24.0 Å². The van der Waals surface area contributed by atoms with E-state index in [2.05, 4.69) is 58.4 Å². The maximum Gasteiger partial charge on any atom is 0.251 e. The molecule has 0 unspecified atom stereocenters. The summed E-state index contributed by atoms with van der Waals surface area (Å²) in [5.41, 5.74) is 4.45. The zero-order valence-corrected chi connectivity index (χ0v) is 14.7. The summed E-state index contributed by atoms with van der Waals surface area (Å²) in [5, 5.41) is 1.10. The third-order valence-corrected chi connectivity index (χ3v) is 5.36. The summed E-state index contributed by atoms with van der Waals surface area (Å²) in [6.07, 6.45) is 2.43. The van der Waals surface area contributed by atoms with Crippen molar-refractivity contribution in [3.05, 3.63) is 81.6 Å². The topological polar surface area (TPSA) is 36.1 Å². The van der Waals surface area contributed by atoms with Crippen LogP contribution in [0.1, 0.15) is 35.4 Å². The van der Waals surface area contributed by atoms with Gasteiger partial charge in [-0.1, -0.05) is 42.5 Å². The molecule has 0 amide bonds. The van der Waals surface area contributed by atoms with Crippen molar-refractivity contribution in [1.82, 2.24) is 9.88 Å². The Hall–Kier alpha value is -2.39. The quantitative estimate of drug-likeness (QED) is 0.780. The van der Waals surface area contributed by atoms with Crippen molar-refractivity contribution < 1.29 is 0 Å². The summed E-state index contributed by atoms with van der Waals surface area (Å²) < 4.78 is 0. The molecule has 0 spiro atoms. The molecular formula is C22H24N2O. The van der Waals surface area contributed by atoms with Gasteiger partial charge in [-0.2, -0.15) is 0 Å². The molecule has 1 N–H and O–H groups in total. The first-order valence-electron chi connectivity index (χ1n) is 9.09. The molecule has 1 fully saturated rings. The average Bonchev–Trinajstić information content (AvgIpc) is 2.64. The molecule has 3 nitrogen and oxygen atoms in total. The fraction of sp³-hybridized carbons (Fsp3) is 0.318. The SMILES string of the molecule is Cc1cc2ccc(CN3CCC(c4ccccc4)CC3)cc2[nH]c1=O. The van der Waals surface area contributed by atoms with Gasteiger partial charge in [-0.25, -0.2) is 0 Å². The van der Waals surface area contributed by atoms with Crippen LogP contribution in [-0.2, 0) is 6.54 Å². The normalized spacial score (nSPS) is 16.4. The molecule has 0 atom stereocenters. The van der Waals surface area contributed by atoms with E-state index in [-0.39, 0.29) is 5.56 Å². The number of pyridine rings is 1. The molecule has 3 heteroatoms. The van der Waals surface area contributed by atoms with E-state index in [9.17, 15) is 4.79 Å². The Morgan fingerprint density at radius 2 is 1.80 bits per heavy atom. The lowest BCUT2D eigenvalue weighted by Gasteiger charge is -2.32. The summed E-state index contributed by atoms with van der Waals surface area (Å²) in [7, 11) is 0. The third-order valence-electron chi connectivity index (χ3n) is 5.36. The van der Waals surface area contributed by atoms with Crippen LogP contribution in [0.2, 0.25) is 0 Å². The second-order valence-electron chi connectivity index (χ2n) is 7.16. The van der Waals surface area contributed by atoms with Crippen molar-refractivity contribution >= 4 is 10.9 Å².